The summed E-state index contributed by atoms with van der Waals surface area (Å²) in [6, 6.07) is 12.0. The van der Waals surface area contributed by atoms with Crippen LogP contribution in [-0.4, -0.2) is 66.9 Å². The van der Waals surface area contributed by atoms with Crippen LogP contribution in [0.1, 0.15) is 5.56 Å². The zero-order chi connectivity index (χ0) is 23.7. The molecule has 172 valence electrons. The Kier molecular flexibility index (Phi) is 5.54. The minimum atomic E-state index is -0.467. The molecule has 2 aromatic heterocycles. The Bertz CT molecular complexity index is 1370. The number of rotatable bonds is 5. The third-order valence-corrected chi connectivity index (χ3v) is 5.71. The number of nitro groups is 1. The van der Waals surface area contributed by atoms with Gasteiger partial charge in [-0.25, -0.2) is 14.4 Å². The van der Waals surface area contributed by atoms with Crippen molar-refractivity contribution in [2.75, 3.05) is 31.1 Å². The van der Waals surface area contributed by atoms with E-state index in [9.17, 15) is 19.3 Å². The molecule has 3 heterocycles. The van der Waals surface area contributed by atoms with Crippen molar-refractivity contribution in [2.45, 2.75) is 6.42 Å². The average Bonchev–Trinajstić information content (AvgIpc) is 3.29. The zero-order valence-corrected chi connectivity index (χ0v) is 17.9. The molecule has 0 radical (unpaired) electrons. The van der Waals surface area contributed by atoms with Crippen molar-refractivity contribution in [2.24, 2.45) is 0 Å². The van der Waals surface area contributed by atoms with Gasteiger partial charge in [0.2, 0.25) is 5.91 Å². The second-order valence-corrected chi connectivity index (χ2v) is 7.82. The lowest BCUT2D eigenvalue weighted by atomic mass is 10.1. The van der Waals surface area contributed by atoms with E-state index in [2.05, 4.69) is 20.3 Å². The first kappa shape index (κ1) is 21.4. The van der Waals surface area contributed by atoms with Crippen LogP contribution in [0.2, 0.25) is 0 Å². The van der Waals surface area contributed by atoms with Crippen LogP contribution in [0.25, 0.3) is 16.9 Å². The fraction of sp³-hybridized carbons (Fsp3) is 0.227. The van der Waals surface area contributed by atoms with Gasteiger partial charge in [0.1, 0.15) is 12.1 Å². The van der Waals surface area contributed by atoms with Gasteiger partial charge >= 0.3 is 0 Å². The fourth-order valence-electron chi connectivity index (χ4n) is 3.94. The molecule has 1 saturated heterocycles. The summed E-state index contributed by atoms with van der Waals surface area (Å²) in [5.74, 6) is 0.179. The summed E-state index contributed by atoms with van der Waals surface area (Å²) in [5, 5.41) is 19.1. The minimum absolute atomic E-state index is 0.00434. The van der Waals surface area contributed by atoms with Crippen LogP contribution in [0.4, 0.5) is 15.9 Å². The number of amides is 1. The van der Waals surface area contributed by atoms with E-state index < -0.39 is 4.92 Å². The normalized spacial score (nSPS) is 13.9. The lowest BCUT2D eigenvalue weighted by Crippen LogP contribution is -2.49. The number of piperazine rings is 1. The van der Waals surface area contributed by atoms with E-state index in [1.807, 2.05) is 4.90 Å². The van der Waals surface area contributed by atoms with Gasteiger partial charge in [0.25, 0.3) is 5.69 Å². The molecule has 0 saturated carbocycles. The Morgan fingerprint density at radius 1 is 1.06 bits per heavy atom. The highest BCUT2D eigenvalue weighted by molar-refractivity contribution is 5.84. The maximum Gasteiger partial charge on any atom is 0.269 e. The largest absolute Gasteiger partial charge is 0.351 e. The van der Waals surface area contributed by atoms with Gasteiger partial charge in [-0.1, -0.05) is 23.4 Å². The summed E-state index contributed by atoms with van der Waals surface area (Å²) in [5.41, 5.74) is 2.19. The fourth-order valence-corrected chi connectivity index (χ4v) is 3.94. The summed E-state index contributed by atoms with van der Waals surface area (Å²) in [6.45, 7) is 2.08. The second kappa shape index (κ2) is 8.81. The van der Waals surface area contributed by atoms with Crippen LogP contribution in [0, 0.1) is 15.9 Å². The summed E-state index contributed by atoms with van der Waals surface area (Å²) in [7, 11) is 0. The van der Waals surface area contributed by atoms with Crippen molar-refractivity contribution in [3.8, 4) is 5.69 Å². The molecule has 1 aliphatic heterocycles. The van der Waals surface area contributed by atoms with Gasteiger partial charge in [0, 0.05) is 38.3 Å². The lowest BCUT2D eigenvalue weighted by molar-refractivity contribution is -0.384. The van der Waals surface area contributed by atoms with Crippen molar-refractivity contribution >= 4 is 28.6 Å². The van der Waals surface area contributed by atoms with Crippen LogP contribution in [0.5, 0.6) is 0 Å². The Morgan fingerprint density at radius 2 is 1.82 bits per heavy atom. The molecule has 11 nitrogen and oxygen atoms in total. The Labute approximate surface area is 192 Å². The van der Waals surface area contributed by atoms with Crippen molar-refractivity contribution in [3.63, 3.8) is 0 Å². The van der Waals surface area contributed by atoms with Crippen molar-refractivity contribution in [3.05, 3.63) is 76.4 Å². The number of carbonyl (C=O) groups excluding carboxylic acids is 1. The topological polar surface area (TPSA) is 123 Å². The standard InChI is InChI=1S/C22H19FN8O3/c23-16-2-1-3-18(13-16)30-22-20(26-27-30)21(24-14-25-22)29-10-8-28(9-11-29)19(32)12-15-4-6-17(7-5-15)31(33)34/h1-7,13-14H,8-12H2. The van der Waals surface area contributed by atoms with Gasteiger partial charge < -0.3 is 9.80 Å². The molecular formula is C22H19FN8O3. The van der Waals surface area contributed by atoms with Gasteiger partial charge in [0.05, 0.1) is 17.0 Å². The Hall–Kier alpha value is -4.48. The van der Waals surface area contributed by atoms with Gasteiger partial charge in [-0.3, -0.25) is 14.9 Å². The lowest BCUT2D eigenvalue weighted by Gasteiger charge is -2.35. The molecule has 12 heteroatoms. The molecule has 1 amide bonds. The molecule has 2 aromatic carbocycles. The molecule has 1 fully saturated rings. The van der Waals surface area contributed by atoms with Crippen LogP contribution >= 0.6 is 0 Å². The number of aromatic nitrogens is 5. The highest BCUT2D eigenvalue weighted by Gasteiger charge is 2.25. The SMILES string of the molecule is O=C(Cc1ccc([N+](=O)[O-])cc1)N1CCN(c2ncnc3c2nnn3-c2cccc(F)c2)CC1. The predicted molar refractivity (Wildman–Crippen MR) is 120 cm³/mol. The first-order chi connectivity index (χ1) is 16.5. The number of non-ortho nitro benzene ring substituents is 1. The first-order valence-corrected chi connectivity index (χ1v) is 10.6. The third-order valence-electron chi connectivity index (χ3n) is 5.71. The van der Waals surface area contributed by atoms with E-state index in [0.29, 0.717) is 48.8 Å². The van der Waals surface area contributed by atoms with E-state index in [4.69, 9.17) is 0 Å². The van der Waals surface area contributed by atoms with E-state index >= 15 is 0 Å². The van der Waals surface area contributed by atoms with Crippen molar-refractivity contribution in [1.82, 2.24) is 29.9 Å². The van der Waals surface area contributed by atoms with E-state index in [1.54, 1.807) is 29.2 Å². The van der Waals surface area contributed by atoms with Gasteiger partial charge in [-0.15, -0.1) is 5.10 Å². The number of hydrogen-bond donors (Lipinski definition) is 0. The minimum Gasteiger partial charge on any atom is -0.351 e. The van der Waals surface area contributed by atoms with Gasteiger partial charge in [-0.05, 0) is 23.8 Å². The number of halogens is 1. The molecule has 4 aromatic rings. The molecule has 0 N–H and O–H groups in total. The summed E-state index contributed by atoms with van der Waals surface area (Å²) < 4.78 is 15.1. The quantitative estimate of drug-likeness (QED) is 0.327. The highest BCUT2D eigenvalue weighted by Crippen LogP contribution is 2.24. The van der Waals surface area contributed by atoms with E-state index in [-0.39, 0.29) is 23.8 Å². The number of carbonyl (C=O) groups is 1. The maximum atomic E-state index is 13.7. The maximum absolute atomic E-state index is 13.7. The highest BCUT2D eigenvalue weighted by atomic mass is 19.1. The molecule has 34 heavy (non-hydrogen) atoms. The molecule has 1 aliphatic rings. The van der Waals surface area contributed by atoms with Gasteiger partial charge in [0.15, 0.2) is 17.0 Å². The second-order valence-electron chi connectivity index (χ2n) is 7.82. The van der Waals surface area contributed by atoms with Crippen LogP contribution in [0.15, 0.2) is 54.9 Å². The molecule has 0 atom stereocenters. The summed E-state index contributed by atoms with van der Waals surface area (Å²) in [4.78, 5) is 35.5. The predicted octanol–water partition coefficient (Wildman–Crippen LogP) is 2.15. The smallest absolute Gasteiger partial charge is 0.269 e. The number of anilines is 1. The number of nitrogens with zero attached hydrogens (tertiary/aromatic N) is 8. The molecule has 5 rings (SSSR count). The molecule has 0 unspecified atom stereocenters. The van der Waals surface area contributed by atoms with Crippen LogP contribution < -0.4 is 4.90 Å². The monoisotopic (exact) mass is 462 g/mol. The molecular weight excluding hydrogens is 443 g/mol. The zero-order valence-electron chi connectivity index (χ0n) is 17.9. The Morgan fingerprint density at radius 3 is 2.53 bits per heavy atom. The number of fused-ring (bicyclic) bond motifs is 1. The molecule has 0 spiro atoms. The third kappa shape index (κ3) is 4.12. The number of nitro benzene ring substituents is 1. The molecule has 0 bridgehead atoms. The molecule has 0 aliphatic carbocycles. The summed E-state index contributed by atoms with van der Waals surface area (Å²) in [6.07, 6.45) is 1.60. The first-order valence-electron chi connectivity index (χ1n) is 10.6. The van der Waals surface area contributed by atoms with E-state index in [1.165, 1.54) is 35.3 Å². The van der Waals surface area contributed by atoms with Crippen LogP contribution in [0.3, 0.4) is 0 Å². The Balaban J connectivity index is 1.28. The number of benzene rings is 2. The van der Waals surface area contributed by atoms with Crippen LogP contribution in [-0.2, 0) is 11.2 Å². The van der Waals surface area contributed by atoms with Crippen molar-refractivity contribution < 1.29 is 14.1 Å². The average molecular weight is 462 g/mol. The van der Waals surface area contributed by atoms with Gasteiger partial charge in [-0.2, -0.15) is 4.68 Å². The summed E-state index contributed by atoms with van der Waals surface area (Å²) >= 11 is 0. The number of hydrogen-bond acceptors (Lipinski definition) is 8. The van der Waals surface area contributed by atoms with Crippen molar-refractivity contribution in [1.29, 1.82) is 0 Å². The van der Waals surface area contributed by atoms with E-state index in [0.717, 1.165) is 5.56 Å².